The minimum Gasteiger partial charge on any atom is -0.316 e. The van der Waals surface area contributed by atoms with Gasteiger partial charge >= 0.3 is 0 Å². The predicted octanol–water partition coefficient (Wildman–Crippen LogP) is 7.72. The molecule has 0 aliphatic heterocycles. The lowest BCUT2D eigenvalue weighted by Gasteiger charge is -2.15. The van der Waals surface area contributed by atoms with Gasteiger partial charge in [-0.3, -0.25) is 0 Å². The van der Waals surface area contributed by atoms with Gasteiger partial charge in [-0.05, 0) is 63.7 Å². The molecule has 0 saturated carbocycles. The standard InChI is InChI=1S/C26H56N2/c1-5-9-19-25(7-3)23-27-21-17-15-13-11-12-14-16-18-22-28-24-26(8-4)20-10-6-2/h25-28H,5-24H2,1-4H3. The summed E-state index contributed by atoms with van der Waals surface area (Å²) in [5.74, 6) is 1.80. The highest BCUT2D eigenvalue weighted by atomic mass is 14.9. The highest BCUT2D eigenvalue weighted by Gasteiger charge is 2.05. The van der Waals surface area contributed by atoms with E-state index in [1.165, 1.54) is 129 Å². The summed E-state index contributed by atoms with van der Waals surface area (Å²) < 4.78 is 0. The molecule has 0 amide bonds. The van der Waals surface area contributed by atoms with Crippen LogP contribution in [0.5, 0.6) is 0 Å². The van der Waals surface area contributed by atoms with Crippen LogP contribution >= 0.6 is 0 Å². The Labute approximate surface area is 179 Å². The number of unbranched alkanes of at least 4 members (excludes halogenated alkanes) is 9. The molecule has 28 heavy (non-hydrogen) atoms. The van der Waals surface area contributed by atoms with Gasteiger partial charge in [-0.1, -0.05) is 105 Å². The van der Waals surface area contributed by atoms with Crippen molar-refractivity contribution in [2.45, 2.75) is 130 Å². The average Bonchev–Trinajstić information content (AvgIpc) is 2.72. The van der Waals surface area contributed by atoms with Crippen molar-refractivity contribution in [3.63, 3.8) is 0 Å². The zero-order valence-electron chi connectivity index (χ0n) is 20.3. The Hall–Kier alpha value is -0.0800. The van der Waals surface area contributed by atoms with Crippen molar-refractivity contribution in [1.29, 1.82) is 0 Å². The maximum atomic E-state index is 3.69. The van der Waals surface area contributed by atoms with Crippen molar-refractivity contribution >= 4 is 0 Å². The van der Waals surface area contributed by atoms with Gasteiger partial charge in [0.15, 0.2) is 0 Å². The van der Waals surface area contributed by atoms with Crippen LogP contribution in [0, 0.1) is 11.8 Å². The van der Waals surface area contributed by atoms with Crippen LogP contribution in [-0.4, -0.2) is 26.2 Å². The first-order chi connectivity index (χ1) is 13.8. The van der Waals surface area contributed by atoms with Crippen LogP contribution in [0.1, 0.15) is 130 Å². The van der Waals surface area contributed by atoms with Gasteiger partial charge in [0.25, 0.3) is 0 Å². The molecule has 0 spiro atoms. The molecule has 2 atom stereocenters. The monoisotopic (exact) mass is 396 g/mol. The van der Waals surface area contributed by atoms with E-state index >= 15 is 0 Å². The van der Waals surface area contributed by atoms with Crippen molar-refractivity contribution in [2.24, 2.45) is 11.8 Å². The second kappa shape index (κ2) is 23.2. The van der Waals surface area contributed by atoms with Crippen LogP contribution in [0.4, 0.5) is 0 Å². The van der Waals surface area contributed by atoms with Crippen LogP contribution < -0.4 is 10.6 Å². The lowest BCUT2D eigenvalue weighted by molar-refractivity contribution is 0.414. The summed E-state index contributed by atoms with van der Waals surface area (Å²) >= 11 is 0. The first kappa shape index (κ1) is 27.9. The Bertz CT molecular complexity index is 252. The van der Waals surface area contributed by atoms with Gasteiger partial charge in [0.05, 0.1) is 0 Å². The van der Waals surface area contributed by atoms with E-state index < -0.39 is 0 Å². The number of hydrogen-bond acceptors (Lipinski definition) is 2. The Balaban J connectivity index is 3.25. The smallest absolute Gasteiger partial charge is 0.00206 e. The molecule has 0 fully saturated rings. The van der Waals surface area contributed by atoms with Crippen molar-refractivity contribution in [2.75, 3.05) is 26.2 Å². The van der Waals surface area contributed by atoms with E-state index in [0.717, 1.165) is 11.8 Å². The molecule has 0 saturated heterocycles. The van der Waals surface area contributed by atoms with E-state index in [4.69, 9.17) is 0 Å². The fourth-order valence-corrected chi connectivity index (χ4v) is 4.06. The molecule has 2 heteroatoms. The summed E-state index contributed by atoms with van der Waals surface area (Å²) in [6.45, 7) is 14.2. The van der Waals surface area contributed by atoms with Crippen molar-refractivity contribution in [3.8, 4) is 0 Å². The van der Waals surface area contributed by atoms with Gasteiger partial charge in [-0.25, -0.2) is 0 Å². The van der Waals surface area contributed by atoms with Gasteiger partial charge in [-0.2, -0.15) is 0 Å². The van der Waals surface area contributed by atoms with E-state index in [0.29, 0.717) is 0 Å². The maximum absolute atomic E-state index is 3.69. The highest BCUT2D eigenvalue weighted by Crippen LogP contribution is 2.13. The van der Waals surface area contributed by atoms with Crippen LogP contribution in [0.3, 0.4) is 0 Å². The molecule has 0 aliphatic rings. The Morgan fingerprint density at radius 2 is 0.821 bits per heavy atom. The molecule has 170 valence electrons. The lowest BCUT2D eigenvalue weighted by Crippen LogP contribution is -2.23. The Morgan fingerprint density at radius 1 is 0.464 bits per heavy atom. The molecule has 0 heterocycles. The minimum atomic E-state index is 0.902. The third-order valence-electron chi connectivity index (χ3n) is 6.41. The summed E-state index contributed by atoms with van der Waals surface area (Å²) in [7, 11) is 0. The van der Waals surface area contributed by atoms with Crippen molar-refractivity contribution < 1.29 is 0 Å². The molecule has 0 radical (unpaired) electrons. The highest BCUT2D eigenvalue weighted by molar-refractivity contribution is 4.62. The van der Waals surface area contributed by atoms with E-state index in [1.54, 1.807) is 0 Å². The van der Waals surface area contributed by atoms with Gasteiger partial charge < -0.3 is 10.6 Å². The zero-order chi connectivity index (χ0) is 20.7. The molecular weight excluding hydrogens is 340 g/mol. The van der Waals surface area contributed by atoms with E-state index in [2.05, 4.69) is 38.3 Å². The topological polar surface area (TPSA) is 24.1 Å². The summed E-state index contributed by atoms with van der Waals surface area (Å²) in [4.78, 5) is 0. The van der Waals surface area contributed by atoms with Crippen LogP contribution in [0.25, 0.3) is 0 Å². The number of rotatable bonds is 23. The van der Waals surface area contributed by atoms with Gasteiger partial charge in [-0.15, -0.1) is 0 Å². The molecule has 0 rings (SSSR count). The second-order valence-corrected chi connectivity index (χ2v) is 9.07. The van der Waals surface area contributed by atoms with Crippen LogP contribution in [-0.2, 0) is 0 Å². The third-order valence-corrected chi connectivity index (χ3v) is 6.41. The fourth-order valence-electron chi connectivity index (χ4n) is 4.06. The minimum absolute atomic E-state index is 0.902. The predicted molar refractivity (Wildman–Crippen MR) is 129 cm³/mol. The van der Waals surface area contributed by atoms with Gasteiger partial charge in [0.2, 0.25) is 0 Å². The molecule has 2 unspecified atom stereocenters. The van der Waals surface area contributed by atoms with E-state index in [-0.39, 0.29) is 0 Å². The van der Waals surface area contributed by atoms with Gasteiger partial charge in [0.1, 0.15) is 0 Å². The summed E-state index contributed by atoms with van der Waals surface area (Å²) in [5.41, 5.74) is 0. The molecule has 0 aromatic rings. The summed E-state index contributed by atoms with van der Waals surface area (Å²) in [6.07, 6.45) is 22.3. The summed E-state index contributed by atoms with van der Waals surface area (Å²) in [5, 5.41) is 7.38. The Kier molecular flexibility index (Phi) is 23.1. The normalized spacial score (nSPS) is 13.7. The molecule has 0 aromatic carbocycles. The fraction of sp³-hybridized carbons (Fsp3) is 1.00. The zero-order valence-corrected chi connectivity index (χ0v) is 20.3. The first-order valence-corrected chi connectivity index (χ1v) is 13.2. The molecule has 0 aromatic heterocycles. The van der Waals surface area contributed by atoms with Crippen molar-refractivity contribution in [3.05, 3.63) is 0 Å². The largest absolute Gasteiger partial charge is 0.316 e. The molecule has 0 aliphatic carbocycles. The number of nitrogens with one attached hydrogen (secondary N) is 2. The van der Waals surface area contributed by atoms with E-state index in [9.17, 15) is 0 Å². The first-order valence-electron chi connectivity index (χ1n) is 13.2. The molecule has 2 N–H and O–H groups in total. The maximum Gasteiger partial charge on any atom is -0.00206 e. The quantitative estimate of drug-likeness (QED) is 0.173. The molecule has 2 nitrogen and oxygen atoms in total. The number of hydrogen-bond donors (Lipinski definition) is 2. The van der Waals surface area contributed by atoms with Crippen LogP contribution in [0.15, 0.2) is 0 Å². The second-order valence-electron chi connectivity index (χ2n) is 9.07. The average molecular weight is 397 g/mol. The third kappa shape index (κ3) is 19.2. The SMILES string of the molecule is CCCCC(CC)CNCCCCCCCCCCNCC(CC)CCCC. The molecule has 0 bridgehead atoms. The van der Waals surface area contributed by atoms with Crippen LogP contribution in [0.2, 0.25) is 0 Å². The Morgan fingerprint density at radius 3 is 1.14 bits per heavy atom. The summed E-state index contributed by atoms with van der Waals surface area (Å²) in [6, 6.07) is 0. The van der Waals surface area contributed by atoms with Gasteiger partial charge in [0, 0.05) is 0 Å². The van der Waals surface area contributed by atoms with E-state index in [1.807, 2.05) is 0 Å². The molecular formula is C26H56N2. The lowest BCUT2D eigenvalue weighted by atomic mass is 9.99. The van der Waals surface area contributed by atoms with Crippen molar-refractivity contribution in [1.82, 2.24) is 10.6 Å².